The summed E-state index contributed by atoms with van der Waals surface area (Å²) in [5.41, 5.74) is 7.43. The minimum Gasteiger partial charge on any atom is -0.471 e. The summed E-state index contributed by atoms with van der Waals surface area (Å²) in [7, 11) is 0. The Kier molecular flexibility index (Phi) is 3.22. The molecular weight excluding hydrogens is 214 g/mol. The second-order valence-corrected chi connectivity index (χ2v) is 3.46. The number of aromatic nitrogens is 1. The van der Waals surface area contributed by atoms with Crippen LogP contribution >= 0.6 is 0 Å². The van der Waals surface area contributed by atoms with Crippen LogP contribution in [0.4, 0.5) is 5.69 Å². The Hall–Kier alpha value is -2.54. The molecule has 1 heterocycles. The molecule has 0 spiro atoms. The highest BCUT2D eigenvalue weighted by Crippen LogP contribution is 2.22. The van der Waals surface area contributed by atoms with Gasteiger partial charge in [-0.2, -0.15) is 5.26 Å². The van der Waals surface area contributed by atoms with Crippen molar-refractivity contribution in [2.24, 2.45) is 0 Å². The number of nitrogen functional groups attached to an aromatic ring is 1. The minimum absolute atomic E-state index is 0.283. The molecule has 2 N–H and O–H groups in total. The molecule has 0 aliphatic carbocycles. The van der Waals surface area contributed by atoms with Gasteiger partial charge in [-0.25, -0.2) is 4.98 Å². The maximum atomic E-state index is 8.81. The van der Waals surface area contributed by atoms with E-state index in [9.17, 15) is 0 Å². The second kappa shape index (κ2) is 4.99. The van der Waals surface area contributed by atoms with Gasteiger partial charge in [-0.05, 0) is 11.6 Å². The van der Waals surface area contributed by atoms with Gasteiger partial charge in [0.1, 0.15) is 18.4 Å². The summed E-state index contributed by atoms with van der Waals surface area (Å²) in [6.07, 6.45) is 1.51. The molecule has 0 aliphatic rings. The molecule has 4 heteroatoms. The van der Waals surface area contributed by atoms with Gasteiger partial charge in [0.2, 0.25) is 5.88 Å². The number of nitrogens with zero attached hydrogens (tertiary/aromatic N) is 2. The van der Waals surface area contributed by atoms with Crippen molar-refractivity contribution in [3.63, 3.8) is 0 Å². The van der Waals surface area contributed by atoms with E-state index in [-0.39, 0.29) is 5.69 Å². The molecule has 0 fully saturated rings. The molecule has 0 saturated heterocycles. The molecule has 1 aromatic heterocycles. The maximum Gasteiger partial charge on any atom is 0.238 e. The standard InChI is InChI=1S/C13H11N3O/c14-8-11-6-7-16-13(12(11)15)17-9-10-4-2-1-3-5-10/h1-7H,9,15H2. The average molecular weight is 225 g/mol. The molecule has 0 aliphatic heterocycles. The van der Waals surface area contributed by atoms with E-state index in [2.05, 4.69) is 4.98 Å². The van der Waals surface area contributed by atoms with Gasteiger partial charge < -0.3 is 10.5 Å². The second-order valence-electron chi connectivity index (χ2n) is 3.46. The SMILES string of the molecule is N#Cc1ccnc(OCc2ccccc2)c1N. The first-order valence-corrected chi connectivity index (χ1v) is 5.12. The molecule has 0 radical (unpaired) electrons. The van der Waals surface area contributed by atoms with Crippen LogP contribution in [0.3, 0.4) is 0 Å². The molecule has 0 saturated carbocycles. The summed E-state index contributed by atoms with van der Waals surface area (Å²) in [6, 6.07) is 13.2. The third-order valence-corrected chi connectivity index (χ3v) is 2.29. The fourth-order valence-corrected chi connectivity index (χ4v) is 1.39. The van der Waals surface area contributed by atoms with Gasteiger partial charge in [-0.15, -0.1) is 0 Å². The Morgan fingerprint density at radius 2 is 2.00 bits per heavy atom. The monoisotopic (exact) mass is 225 g/mol. The van der Waals surface area contributed by atoms with Gasteiger partial charge in [-0.1, -0.05) is 30.3 Å². The summed E-state index contributed by atoms with van der Waals surface area (Å²) >= 11 is 0. The first-order valence-electron chi connectivity index (χ1n) is 5.12. The Bertz CT molecular complexity index is 546. The van der Waals surface area contributed by atoms with Crippen molar-refractivity contribution >= 4 is 5.69 Å². The van der Waals surface area contributed by atoms with Gasteiger partial charge in [0.15, 0.2) is 0 Å². The number of hydrogen-bond donors (Lipinski definition) is 1. The molecule has 0 atom stereocenters. The topological polar surface area (TPSA) is 71.9 Å². The van der Waals surface area contributed by atoms with Gasteiger partial charge in [0, 0.05) is 6.20 Å². The average Bonchev–Trinajstić information content (AvgIpc) is 2.39. The lowest BCUT2D eigenvalue weighted by molar-refractivity contribution is 0.295. The summed E-state index contributed by atoms with van der Waals surface area (Å²) in [6.45, 7) is 0.382. The smallest absolute Gasteiger partial charge is 0.238 e. The summed E-state index contributed by atoms with van der Waals surface area (Å²) < 4.78 is 5.48. The molecule has 0 unspecified atom stereocenters. The van der Waals surface area contributed by atoms with Crippen molar-refractivity contribution in [2.75, 3.05) is 5.73 Å². The highest BCUT2D eigenvalue weighted by atomic mass is 16.5. The van der Waals surface area contributed by atoms with Crippen molar-refractivity contribution in [1.82, 2.24) is 4.98 Å². The zero-order valence-electron chi connectivity index (χ0n) is 9.13. The fourth-order valence-electron chi connectivity index (χ4n) is 1.39. The van der Waals surface area contributed by atoms with E-state index < -0.39 is 0 Å². The van der Waals surface area contributed by atoms with Crippen LogP contribution in [0.1, 0.15) is 11.1 Å². The molecule has 0 bridgehead atoms. The number of rotatable bonds is 3. The zero-order chi connectivity index (χ0) is 12.1. The van der Waals surface area contributed by atoms with Gasteiger partial charge in [0.05, 0.1) is 5.56 Å². The van der Waals surface area contributed by atoms with E-state index in [1.807, 2.05) is 36.4 Å². The van der Waals surface area contributed by atoms with Crippen molar-refractivity contribution in [2.45, 2.75) is 6.61 Å². The quantitative estimate of drug-likeness (QED) is 0.868. The van der Waals surface area contributed by atoms with Crippen LogP contribution in [0.25, 0.3) is 0 Å². The lowest BCUT2D eigenvalue weighted by Gasteiger charge is -2.08. The third-order valence-electron chi connectivity index (χ3n) is 2.29. The summed E-state index contributed by atoms with van der Waals surface area (Å²) in [5.74, 6) is 0.299. The Labute approximate surface area is 99.3 Å². The number of pyridine rings is 1. The highest BCUT2D eigenvalue weighted by Gasteiger charge is 2.06. The molecule has 2 aromatic rings. The van der Waals surface area contributed by atoms with Crippen LogP contribution in [-0.2, 0) is 6.61 Å². The largest absolute Gasteiger partial charge is 0.471 e. The number of ether oxygens (including phenoxy) is 1. The summed E-state index contributed by atoms with van der Waals surface area (Å²) in [5, 5.41) is 8.81. The Morgan fingerprint density at radius 1 is 1.24 bits per heavy atom. The van der Waals surface area contributed by atoms with E-state index in [1.54, 1.807) is 6.07 Å². The van der Waals surface area contributed by atoms with Crippen LogP contribution in [0, 0.1) is 11.3 Å². The number of nitrogens with two attached hydrogens (primary N) is 1. The van der Waals surface area contributed by atoms with Crippen LogP contribution in [-0.4, -0.2) is 4.98 Å². The Balaban J connectivity index is 2.13. The molecule has 0 amide bonds. The van der Waals surface area contributed by atoms with Crippen molar-refractivity contribution in [3.8, 4) is 11.9 Å². The van der Waals surface area contributed by atoms with Crippen LogP contribution in [0.5, 0.6) is 5.88 Å². The van der Waals surface area contributed by atoms with E-state index in [1.165, 1.54) is 6.20 Å². The fraction of sp³-hybridized carbons (Fsp3) is 0.0769. The van der Waals surface area contributed by atoms with Crippen LogP contribution < -0.4 is 10.5 Å². The van der Waals surface area contributed by atoms with Crippen LogP contribution in [0.2, 0.25) is 0 Å². The lowest BCUT2D eigenvalue weighted by atomic mass is 10.2. The molecule has 84 valence electrons. The predicted octanol–water partition coefficient (Wildman–Crippen LogP) is 2.11. The minimum atomic E-state index is 0.283. The van der Waals surface area contributed by atoms with E-state index in [0.717, 1.165) is 5.56 Å². The van der Waals surface area contributed by atoms with Gasteiger partial charge in [-0.3, -0.25) is 0 Å². The van der Waals surface area contributed by atoms with Gasteiger partial charge >= 0.3 is 0 Å². The van der Waals surface area contributed by atoms with Crippen molar-refractivity contribution in [3.05, 3.63) is 53.7 Å². The molecule has 1 aromatic carbocycles. The first-order chi connectivity index (χ1) is 8.31. The van der Waals surface area contributed by atoms with Crippen molar-refractivity contribution in [1.29, 1.82) is 5.26 Å². The van der Waals surface area contributed by atoms with E-state index in [4.69, 9.17) is 15.7 Å². The normalized spacial score (nSPS) is 9.59. The molecule has 4 nitrogen and oxygen atoms in total. The van der Waals surface area contributed by atoms with E-state index in [0.29, 0.717) is 18.1 Å². The number of hydrogen-bond acceptors (Lipinski definition) is 4. The maximum absolute atomic E-state index is 8.81. The summed E-state index contributed by atoms with van der Waals surface area (Å²) in [4.78, 5) is 4.00. The predicted molar refractivity (Wildman–Crippen MR) is 64.1 cm³/mol. The molecular formula is C13H11N3O. The van der Waals surface area contributed by atoms with E-state index >= 15 is 0 Å². The third kappa shape index (κ3) is 2.52. The van der Waals surface area contributed by atoms with Gasteiger partial charge in [0.25, 0.3) is 0 Å². The highest BCUT2D eigenvalue weighted by molar-refractivity contribution is 5.59. The number of benzene rings is 1. The number of anilines is 1. The lowest BCUT2D eigenvalue weighted by Crippen LogP contribution is -2.02. The number of nitriles is 1. The van der Waals surface area contributed by atoms with Crippen LogP contribution in [0.15, 0.2) is 42.6 Å². The molecule has 2 rings (SSSR count). The first kappa shape index (κ1) is 11.0. The Morgan fingerprint density at radius 3 is 2.71 bits per heavy atom. The zero-order valence-corrected chi connectivity index (χ0v) is 9.13. The van der Waals surface area contributed by atoms with Crippen molar-refractivity contribution < 1.29 is 4.74 Å². The molecule has 17 heavy (non-hydrogen) atoms.